The zero-order chi connectivity index (χ0) is 13.0. The summed E-state index contributed by atoms with van der Waals surface area (Å²) in [6, 6.07) is 0.0277. The minimum absolute atomic E-state index is 0.0277. The number of thiazole rings is 1. The van der Waals surface area contributed by atoms with E-state index in [9.17, 15) is 0 Å². The lowest BCUT2D eigenvalue weighted by Crippen LogP contribution is -2.31. The van der Waals surface area contributed by atoms with Crippen molar-refractivity contribution < 1.29 is 0 Å². The average Bonchev–Trinajstić information content (AvgIpc) is 2.63. The first-order valence-corrected chi connectivity index (χ1v) is 7.24. The normalized spacial score (nSPS) is 13.4. The molecule has 0 saturated carbocycles. The van der Waals surface area contributed by atoms with E-state index in [4.69, 9.17) is 5.73 Å². The third-order valence-corrected chi connectivity index (χ3v) is 3.34. The quantitative estimate of drug-likeness (QED) is 0.848. The highest BCUT2D eigenvalue weighted by Crippen LogP contribution is 2.24. The summed E-state index contributed by atoms with van der Waals surface area (Å²) in [6.45, 7) is 13.1. The summed E-state index contributed by atoms with van der Waals surface area (Å²) in [4.78, 5) is 7.02. The van der Waals surface area contributed by atoms with Gasteiger partial charge in [-0.15, -0.1) is 11.3 Å². The van der Waals surface area contributed by atoms with Crippen LogP contribution in [0, 0.1) is 11.8 Å². The maximum absolute atomic E-state index is 5.86. The van der Waals surface area contributed by atoms with Crippen molar-refractivity contribution in [3.05, 3.63) is 11.1 Å². The molecule has 1 atom stereocenters. The van der Waals surface area contributed by atoms with Crippen LogP contribution < -0.4 is 10.6 Å². The molecule has 17 heavy (non-hydrogen) atoms. The first kappa shape index (κ1) is 14.5. The molecule has 0 aliphatic carbocycles. The summed E-state index contributed by atoms with van der Waals surface area (Å²) in [6.07, 6.45) is 0. The van der Waals surface area contributed by atoms with Crippen LogP contribution in [0.15, 0.2) is 5.38 Å². The van der Waals surface area contributed by atoms with E-state index in [0.29, 0.717) is 11.8 Å². The molecule has 98 valence electrons. The Morgan fingerprint density at radius 1 is 1.18 bits per heavy atom. The van der Waals surface area contributed by atoms with E-state index in [1.54, 1.807) is 11.3 Å². The van der Waals surface area contributed by atoms with Crippen LogP contribution in [0.3, 0.4) is 0 Å². The van der Waals surface area contributed by atoms with E-state index in [-0.39, 0.29) is 6.04 Å². The van der Waals surface area contributed by atoms with Gasteiger partial charge in [-0.3, -0.25) is 0 Å². The lowest BCUT2D eigenvalue weighted by molar-refractivity contribution is 0.551. The molecule has 3 nitrogen and oxygen atoms in total. The van der Waals surface area contributed by atoms with Crippen molar-refractivity contribution in [3.63, 3.8) is 0 Å². The van der Waals surface area contributed by atoms with Gasteiger partial charge in [-0.05, 0) is 18.8 Å². The van der Waals surface area contributed by atoms with Gasteiger partial charge in [0.2, 0.25) is 0 Å². The summed E-state index contributed by atoms with van der Waals surface area (Å²) in [5.41, 5.74) is 6.86. The molecule has 2 N–H and O–H groups in total. The second kappa shape index (κ2) is 6.36. The topological polar surface area (TPSA) is 42.2 Å². The van der Waals surface area contributed by atoms with E-state index < -0.39 is 0 Å². The Bertz CT molecular complexity index is 321. The van der Waals surface area contributed by atoms with Gasteiger partial charge in [0.1, 0.15) is 0 Å². The van der Waals surface area contributed by atoms with Gasteiger partial charge in [0, 0.05) is 24.5 Å². The minimum atomic E-state index is 0.0277. The van der Waals surface area contributed by atoms with Crippen molar-refractivity contribution in [2.75, 3.05) is 18.0 Å². The molecular weight excluding hydrogens is 230 g/mol. The Hall–Kier alpha value is -0.610. The predicted molar refractivity (Wildman–Crippen MR) is 76.6 cm³/mol. The highest BCUT2D eigenvalue weighted by molar-refractivity contribution is 7.13. The third-order valence-electron chi connectivity index (χ3n) is 2.42. The number of anilines is 1. The van der Waals surface area contributed by atoms with Gasteiger partial charge in [-0.1, -0.05) is 27.7 Å². The van der Waals surface area contributed by atoms with Gasteiger partial charge in [-0.2, -0.15) is 0 Å². The second-order valence-corrected chi connectivity index (χ2v) is 6.37. The van der Waals surface area contributed by atoms with Crippen LogP contribution in [-0.4, -0.2) is 18.1 Å². The van der Waals surface area contributed by atoms with Gasteiger partial charge < -0.3 is 10.6 Å². The minimum Gasteiger partial charge on any atom is -0.348 e. The van der Waals surface area contributed by atoms with Gasteiger partial charge in [-0.25, -0.2) is 4.98 Å². The van der Waals surface area contributed by atoms with Crippen LogP contribution in [0.1, 0.15) is 46.4 Å². The Balaban J connectivity index is 2.80. The lowest BCUT2D eigenvalue weighted by atomic mass is 10.1. The molecule has 1 unspecified atom stereocenters. The smallest absolute Gasteiger partial charge is 0.185 e. The molecule has 1 rings (SSSR count). The molecule has 4 heteroatoms. The molecule has 0 saturated heterocycles. The van der Waals surface area contributed by atoms with Crippen LogP contribution in [0.5, 0.6) is 0 Å². The Morgan fingerprint density at radius 2 is 1.71 bits per heavy atom. The van der Waals surface area contributed by atoms with E-state index in [0.717, 1.165) is 23.9 Å². The Morgan fingerprint density at radius 3 is 2.06 bits per heavy atom. The molecule has 1 aromatic heterocycles. The Kier molecular flexibility index (Phi) is 5.40. The van der Waals surface area contributed by atoms with Crippen LogP contribution >= 0.6 is 11.3 Å². The van der Waals surface area contributed by atoms with E-state index in [1.165, 1.54) is 0 Å². The summed E-state index contributed by atoms with van der Waals surface area (Å²) in [7, 11) is 0. The molecule has 1 heterocycles. The monoisotopic (exact) mass is 255 g/mol. The molecular formula is C13H25N3S. The lowest BCUT2D eigenvalue weighted by Gasteiger charge is -2.25. The average molecular weight is 255 g/mol. The van der Waals surface area contributed by atoms with Crippen molar-refractivity contribution >= 4 is 16.5 Å². The highest BCUT2D eigenvalue weighted by Gasteiger charge is 2.15. The fraction of sp³-hybridized carbons (Fsp3) is 0.769. The second-order valence-electron chi connectivity index (χ2n) is 5.54. The summed E-state index contributed by atoms with van der Waals surface area (Å²) in [5, 5.41) is 3.19. The van der Waals surface area contributed by atoms with Crippen molar-refractivity contribution in [1.82, 2.24) is 4.98 Å². The number of hydrogen-bond donors (Lipinski definition) is 1. The van der Waals surface area contributed by atoms with Crippen molar-refractivity contribution in [1.29, 1.82) is 0 Å². The van der Waals surface area contributed by atoms with Gasteiger partial charge in [0.15, 0.2) is 5.13 Å². The van der Waals surface area contributed by atoms with Gasteiger partial charge >= 0.3 is 0 Å². The van der Waals surface area contributed by atoms with Crippen molar-refractivity contribution in [3.8, 4) is 0 Å². The standard InChI is InChI=1S/C13H25N3S/c1-9(2)6-16(7-10(3)4)13-15-12(8-17-13)11(5)14/h8-11H,6-7,14H2,1-5H3. The van der Waals surface area contributed by atoms with E-state index in [1.807, 2.05) is 6.92 Å². The molecule has 0 spiro atoms. The first-order valence-electron chi connectivity index (χ1n) is 6.36. The molecule has 0 bridgehead atoms. The maximum atomic E-state index is 5.86. The number of nitrogens with two attached hydrogens (primary N) is 1. The molecule has 0 fully saturated rings. The molecule has 0 aliphatic heterocycles. The largest absolute Gasteiger partial charge is 0.348 e. The number of aromatic nitrogens is 1. The highest BCUT2D eigenvalue weighted by atomic mass is 32.1. The van der Waals surface area contributed by atoms with Crippen LogP contribution in [0.4, 0.5) is 5.13 Å². The summed E-state index contributed by atoms with van der Waals surface area (Å²) >= 11 is 1.70. The maximum Gasteiger partial charge on any atom is 0.185 e. The first-order chi connectivity index (χ1) is 7.90. The van der Waals surface area contributed by atoms with Crippen molar-refractivity contribution in [2.24, 2.45) is 17.6 Å². The van der Waals surface area contributed by atoms with Crippen LogP contribution in [0.25, 0.3) is 0 Å². The predicted octanol–water partition coefficient (Wildman–Crippen LogP) is 3.28. The van der Waals surface area contributed by atoms with Crippen molar-refractivity contribution in [2.45, 2.75) is 40.7 Å². The summed E-state index contributed by atoms with van der Waals surface area (Å²) < 4.78 is 0. The summed E-state index contributed by atoms with van der Waals surface area (Å²) in [5.74, 6) is 1.30. The molecule has 1 aromatic rings. The molecule has 0 aliphatic rings. The molecule has 0 radical (unpaired) electrons. The fourth-order valence-electron chi connectivity index (χ4n) is 1.74. The zero-order valence-corrected chi connectivity index (χ0v) is 12.4. The molecule has 0 aromatic carbocycles. The van der Waals surface area contributed by atoms with Gasteiger partial charge in [0.25, 0.3) is 0 Å². The Labute approximate surface area is 109 Å². The van der Waals surface area contributed by atoms with Gasteiger partial charge in [0.05, 0.1) is 5.69 Å². The number of nitrogens with zero attached hydrogens (tertiary/aromatic N) is 2. The SMILES string of the molecule is CC(C)CN(CC(C)C)c1nc(C(C)N)cs1. The van der Waals surface area contributed by atoms with E-state index >= 15 is 0 Å². The third kappa shape index (κ3) is 4.64. The zero-order valence-electron chi connectivity index (χ0n) is 11.6. The van der Waals surface area contributed by atoms with E-state index in [2.05, 4.69) is 43.0 Å². The molecule has 0 amide bonds. The number of rotatable bonds is 6. The number of hydrogen-bond acceptors (Lipinski definition) is 4. The van der Waals surface area contributed by atoms with Crippen LogP contribution in [-0.2, 0) is 0 Å². The fourth-order valence-corrected chi connectivity index (χ4v) is 2.69. The van der Waals surface area contributed by atoms with Crippen LogP contribution in [0.2, 0.25) is 0 Å².